The second-order valence-electron chi connectivity index (χ2n) is 7.81. The maximum absolute atomic E-state index is 12.7. The number of amides is 4. The van der Waals surface area contributed by atoms with Crippen LogP contribution in [0.2, 0.25) is 0 Å². The van der Waals surface area contributed by atoms with Crippen LogP contribution in [0.15, 0.2) is 18.2 Å². The molecule has 3 rings (SSSR count). The van der Waals surface area contributed by atoms with E-state index in [4.69, 9.17) is 4.74 Å². The molecule has 0 saturated carbocycles. The Morgan fingerprint density at radius 2 is 1.79 bits per heavy atom. The molecule has 0 aromatic heterocycles. The molecule has 4 amide bonds. The zero-order valence-corrected chi connectivity index (χ0v) is 17.1. The number of rotatable bonds is 5. The van der Waals surface area contributed by atoms with Gasteiger partial charge in [-0.3, -0.25) is 19.3 Å². The Morgan fingerprint density at radius 3 is 2.41 bits per heavy atom. The minimum absolute atomic E-state index is 0.0591. The van der Waals surface area contributed by atoms with Gasteiger partial charge in [-0.15, -0.1) is 0 Å². The largest absolute Gasteiger partial charge is 0.450 e. The van der Waals surface area contributed by atoms with E-state index in [-0.39, 0.29) is 41.3 Å². The normalized spacial score (nSPS) is 17.0. The molecule has 1 N–H and O–H groups in total. The lowest BCUT2D eigenvalue weighted by Crippen LogP contribution is -2.46. The summed E-state index contributed by atoms with van der Waals surface area (Å²) < 4.78 is 5.00. The molecule has 8 heteroatoms. The fourth-order valence-electron chi connectivity index (χ4n) is 3.65. The highest BCUT2D eigenvalue weighted by atomic mass is 16.6. The van der Waals surface area contributed by atoms with Gasteiger partial charge in [0.2, 0.25) is 0 Å². The average Bonchev–Trinajstić information content (AvgIpc) is 2.92. The summed E-state index contributed by atoms with van der Waals surface area (Å²) in [6, 6.07) is 4.57. The van der Waals surface area contributed by atoms with Crippen molar-refractivity contribution in [3.63, 3.8) is 0 Å². The van der Waals surface area contributed by atoms with Gasteiger partial charge in [-0.1, -0.05) is 13.8 Å². The van der Waals surface area contributed by atoms with Crippen LogP contribution >= 0.6 is 0 Å². The van der Waals surface area contributed by atoms with Crippen molar-refractivity contribution in [3.8, 4) is 0 Å². The summed E-state index contributed by atoms with van der Waals surface area (Å²) in [5, 5.41) is 2.96. The molecular weight excluding hydrogens is 374 g/mol. The first-order valence-corrected chi connectivity index (χ1v) is 10.0. The van der Waals surface area contributed by atoms with Crippen LogP contribution in [0.4, 0.5) is 4.79 Å². The van der Waals surface area contributed by atoms with E-state index in [1.165, 1.54) is 11.0 Å². The molecule has 0 bridgehead atoms. The third-order valence-corrected chi connectivity index (χ3v) is 5.14. The van der Waals surface area contributed by atoms with E-state index < -0.39 is 0 Å². The smallest absolute Gasteiger partial charge is 0.409 e. The Morgan fingerprint density at radius 1 is 1.14 bits per heavy atom. The van der Waals surface area contributed by atoms with Gasteiger partial charge in [-0.25, -0.2) is 4.79 Å². The molecule has 2 aliphatic rings. The summed E-state index contributed by atoms with van der Waals surface area (Å²) in [5.41, 5.74) is 0.972. The number of fused-ring (bicyclic) bond motifs is 1. The molecule has 1 aromatic carbocycles. The van der Waals surface area contributed by atoms with Crippen molar-refractivity contribution in [1.82, 2.24) is 15.1 Å². The van der Waals surface area contributed by atoms with Crippen molar-refractivity contribution in [3.05, 3.63) is 34.9 Å². The molecule has 2 heterocycles. The summed E-state index contributed by atoms with van der Waals surface area (Å²) >= 11 is 0. The molecule has 0 spiro atoms. The number of nitrogens with one attached hydrogen (secondary N) is 1. The van der Waals surface area contributed by atoms with E-state index in [0.717, 1.165) is 0 Å². The molecule has 1 aromatic rings. The Labute approximate surface area is 170 Å². The summed E-state index contributed by atoms with van der Waals surface area (Å²) in [7, 11) is 0. The van der Waals surface area contributed by atoms with Crippen LogP contribution in [0.5, 0.6) is 0 Å². The lowest BCUT2D eigenvalue weighted by atomic mass is 10.0. The van der Waals surface area contributed by atoms with E-state index in [1.807, 2.05) is 13.8 Å². The molecule has 8 nitrogen and oxygen atoms in total. The van der Waals surface area contributed by atoms with E-state index in [9.17, 15) is 19.2 Å². The second kappa shape index (κ2) is 8.63. The first kappa shape index (κ1) is 20.8. The van der Waals surface area contributed by atoms with Crippen LogP contribution in [0.1, 0.15) is 64.7 Å². The lowest BCUT2D eigenvalue weighted by molar-refractivity contribution is 0.0635. The third-order valence-electron chi connectivity index (χ3n) is 5.14. The lowest BCUT2D eigenvalue weighted by Gasteiger charge is -2.31. The molecule has 1 saturated heterocycles. The molecule has 29 heavy (non-hydrogen) atoms. The number of imide groups is 1. The minimum Gasteiger partial charge on any atom is -0.450 e. The van der Waals surface area contributed by atoms with Crippen molar-refractivity contribution in [2.75, 3.05) is 26.2 Å². The van der Waals surface area contributed by atoms with Crippen LogP contribution in [-0.4, -0.2) is 65.9 Å². The number of benzene rings is 1. The number of carbonyl (C=O) groups is 4. The zero-order valence-electron chi connectivity index (χ0n) is 17.1. The standard InChI is InChI=1S/C21H27N3O5/c1-4-29-21(28)23-9-7-15(8-10-23)22-18(25)14-5-6-16-17(11-14)20(27)24(19(16)26)12-13(2)3/h5-6,11,13,15H,4,7-10,12H2,1-3H3,(H,22,25). The summed E-state index contributed by atoms with van der Waals surface area (Å²) in [6.07, 6.45) is 0.939. The first-order chi connectivity index (χ1) is 13.8. The molecule has 0 radical (unpaired) electrons. The average molecular weight is 401 g/mol. The van der Waals surface area contributed by atoms with Crippen LogP contribution in [0, 0.1) is 5.92 Å². The van der Waals surface area contributed by atoms with Crippen molar-refractivity contribution < 1.29 is 23.9 Å². The number of hydrogen-bond acceptors (Lipinski definition) is 5. The number of piperidine rings is 1. The second-order valence-corrected chi connectivity index (χ2v) is 7.81. The SMILES string of the molecule is CCOC(=O)N1CCC(NC(=O)c2ccc3c(c2)C(=O)N(CC(C)C)C3=O)CC1. The zero-order chi connectivity index (χ0) is 21.1. The van der Waals surface area contributed by atoms with Gasteiger partial charge >= 0.3 is 6.09 Å². The van der Waals surface area contributed by atoms with Crippen LogP contribution in [-0.2, 0) is 4.74 Å². The van der Waals surface area contributed by atoms with Crippen molar-refractivity contribution >= 4 is 23.8 Å². The molecule has 2 aliphatic heterocycles. The highest BCUT2D eigenvalue weighted by molar-refractivity contribution is 6.22. The number of carbonyl (C=O) groups excluding carboxylic acids is 4. The number of hydrogen-bond donors (Lipinski definition) is 1. The van der Waals surface area contributed by atoms with E-state index >= 15 is 0 Å². The fourth-order valence-corrected chi connectivity index (χ4v) is 3.65. The van der Waals surface area contributed by atoms with Crippen molar-refractivity contribution in [2.45, 2.75) is 39.7 Å². The fraction of sp³-hybridized carbons (Fsp3) is 0.524. The monoisotopic (exact) mass is 401 g/mol. The highest BCUT2D eigenvalue weighted by Gasteiger charge is 2.36. The maximum atomic E-state index is 12.7. The number of nitrogens with zero attached hydrogens (tertiary/aromatic N) is 2. The van der Waals surface area contributed by atoms with Crippen LogP contribution in [0.25, 0.3) is 0 Å². The van der Waals surface area contributed by atoms with Gasteiger partial charge in [0.25, 0.3) is 17.7 Å². The van der Waals surface area contributed by atoms with Crippen molar-refractivity contribution in [2.24, 2.45) is 5.92 Å². The van der Waals surface area contributed by atoms with Gasteiger partial charge in [-0.2, -0.15) is 0 Å². The molecule has 156 valence electrons. The third kappa shape index (κ3) is 4.41. The highest BCUT2D eigenvalue weighted by Crippen LogP contribution is 2.25. The maximum Gasteiger partial charge on any atom is 0.409 e. The molecular formula is C21H27N3O5. The van der Waals surface area contributed by atoms with Gasteiger partial charge in [0, 0.05) is 31.2 Å². The molecule has 0 atom stereocenters. The van der Waals surface area contributed by atoms with Gasteiger partial charge in [0.1, 0.15) is 0 Å². The predicted octanol–water partition coefficient (Wildman–Crippen LogP) is 2.29. The summed E-state index contributed by atoms with van der Waals surface area (Å²) in [4.78, 5) is 52.3. The van der Waals surface area contributed by atoms with E-state index in [1.54, 1.807) is 24.0 Å². The van der Waals surface area contributed by atoms with Gasteiger partial charge < -0.3 is 15.0 Å². The van der Waals surface area contributed by atoms with Gasteiger partial charge in [0.05, 0.1) is 17.7 Å². The Kier molecular flexibility index (Phi) is 6.20. The van der Waals surface area contributed by atoms with Crippen LogP contribution in [0.3, 0.4) is 0 Å². The van der Waals surface area contributed by atoms with E-state index in [2.05, 4.69) is 5.32 Å². The van der Waals surface area contributed by atoms with Crippen molar-refractivity contribution in [1.29, 1.82) is 0 Å². The molecule has 0 aliphatic carbocycles. The molecule has 0 unspecified atom stereocenters. The number of likely N-dealkylation sites (tertiary alicyclic amines) is 1. The summed E-state index contributed by atoms with van der Waals surface area (Å²) in [6.45, 7) is 7.37. The number of ether oxygens (including phenoxy) is 1. The van der Waals surface area contributed by atoms with Gasteiger partial charge in [0.15, 0.2) is 0 Å². The Bertz CT molecular complexity index is 828. The topological polar surface area (TPSA) is 96.0 Å². The minimum atomic E-state index is -0.351. The summed E-state index contributed by atoms with van der Waals surface area (Å²) in [5.74, 6) is -0.779. The predicted molar refractivity (Wildman–Crippen MR) is 106 cm³/mol. The van der Waals surface area contributed by atoms with Gasteiger partial charge in [-0.05, 0) is 43.9 Å². The Balaban J connectivity index is 1.63. The Hall–Kier alpha value is -2.90. The van der Waals surface area contributed by atoms with E-state index in [0.29, 0.717) is 50.2 Å². The molecule has 1 fully saturated rings. The first-order valence-electron chi connectivity index (χ1n) is 10.0. The van der Waals surface area contributed by atoms with Crippen LogP contribution < -0.4 is 5.32 Å². The quantitative estimate of drug-likeness (QED) is 0.764.